The van der Waals surface area contributed by atoms with Crippen molar-refractivity contribution in [1.82, 2.24) is 14.3 Å². The zero-order chi connectivity index (χ0) is 15.1. The number of sulfonamides is 1. The van der Waals surface area contributed by atoms with Crippen molar-refractivity contribution in [3.8, 4) is 0 Å². The van der Waals surface area contributed by atoms with E-state index in [1.165, 1.54) is 10.5 Å². The van der Waals surface area contributed by atoms with Gasteiger partial charge in [0.1, 0.15) is 10.5 Å². The van der Waals surface area contributed by atoms with Gasteiger partial charge >= 0.3 is 0 Å². The Hall–Kier alpha value is -1.44. The van der Waals surface area contributed by atoms with E-state index >= 15 is 0 Å². The van der Waals surface area contributed by atoms with Crippen molar-refractivity contribution < 1.29 is 13.5 Å². The summed E-state index contributed by atoms with van der Waals surface area (Å²) in [4.78, 5) is 7.28. The summed E-state index contributed by atoms with van der Waals surface area (Å²) in [5.74, 6) is 0. The Balaban J connectivity index is 1.97. The summed E-state index contributed by atoms with van der Waals surface area (Å²) in [7, 11) is -3.57. The third kappa shape index (κ3) is 2.68. The van der Waals surface area contributed by atoms with E-state index in [4.69, 9.17) is 0 Å². The average Bonchev–Trinajstić information content (AvgIpc) is 2.78. The minimum Gasteiger partial charge on any atom is -0.390 e. The van der Waals surface area contributed by atoms with Crippen LogP contribution in [0, 0.1) is 0 Å². The second kappa shape index (κ2) is 5.08. The van der Waals surface area contributed by atoms with Crippen molar-refractivity contribution in [2.24, 2.45) is 0 Å². The lowest BCUT2D eigenvalue weighted by molar-refractivity contribution is 0.0465. The Kier molecular flexibility index (Phi) is 3.51. The number of hydrogen-bond donors (Lipinski definition) is 2. The molecule has 7 heteroatoms. The number of rotatable bonds is 2. The molecule has 0 saturated carbocycles. The van der Waals surface area contributed by atoms with Crippen LogP contribution in [0.2, 0.25) is 0 Å². The van der Waals surface area contributed by atoms with Gasteiger partial charge in [-0.1, -0.05) is 0 Å². The standard InChI is InChI=1S/C14H19N3O3S/c1-14(18)5-3-8-17(9-6-14)21(19,20)12-10-16-13-11(12)4-2-7-15-13/h2,4,7,10,18H,3,5-6,8-9H2,1H3,(H,15,16). The Labute approximate surface area is 123 Å². The van der Waals surface area contributed by atoms with Gasteiger partial charge in [-0.25, -0.2) is 13.4 Å². The normalized spacial score (nSPS) is 25.0. The fraction of sp³-hybridized carbons (Fsp3) is 0.500. The van der Waals surface area contributed by atoms with Gasteiger partial charge in [0.25, 0.3) is 0 Å². The lowest BCUT2D eigenvalue weighted by atomic mass is 9.98. The zero-order valence-electron chi connectivity index (χ0n) is 11.9. The third-order valence-corrected chi connectivity index (χ3v) is 5.99. The molecule has 1 saturated heterocycles. The van der Waals surface area contributed by atoms with Crippen LogP contribution >= 0.6 is 0 Å². The first-order chi connectivity index (χ1) is 9.90. The zero-order valence-corrected chi connectivity index (χ0v) is 12.7. The van der Waals surface area contributed by atoms with Crippen LogP contribution < -0.4 is 0 Å². The molecule has 1 atom stereocenters. The summed E-state index contributed by atoms with van der Waals surface area (Å²) in [5.41, 5.74) is -0.218. The predicted molar refractivity (Wildman–Crippen MR) is 79.3 cm³/mol. The molecular weight excluding hydrogens is 290 g/mol. The average molecular weight is 309 g/mol. The number of H-pyrrole nitrogens is 1. The van der Waals surface area contributed by atoms with Crippen LogP contribution in [0.25, 0.3) is 11.0 Å². The summed E-state index contributed by atoms with van der Waals surface area (Å²) in [6, 6.07) is 3.47. The molecule has 2 aromatic heterocycles. The maximum Gasteiger partial charge on any atom is 0.245 e. The first-order valence-corrected chi connectivity index (χ1v) is 8.49. The van der Waals surface area contributed by atoms with Gasteiger partial charge in [0.2, 0.25) is 10.0 Å². The van der Waals surface area contributed by atoms with Crippen molar-refractivity contribution in [1.29, 1.82) is 0 Å². The highest BCUT2D eigenvalue weighted by atomic mass is 32.2. The fourth-order valence-electron chi connectivity index (χ4n) is 2.76. The van der Waals surface area contributed by atoms with Gasteiger partial charge in [0.05, 0.1) is 5.60 Å². The Morgan fingerprint density at radius 3 is 3.00 bits per heavy atom. The molecular formula is C14H19N3O3S. The maximum atomic E-state index is 12.8. The number of aromatic amines is 1. The SMILES string of the molecule is CC1(O)CCCN(S(=O)(=O)c2c[nH]c3ncccc23)CC1. The molecule has 0 aromatic carbocycles. The number of aromatic nitrogens is 2. The van der Waals surface area contributed by atoms with Gasteiger partial charge in [-0.15, -0.1) is 0 Å². The van der Waals surface area contributed by atoms with Gasteiger partial charge in [-0.05, 0) is 38.3 Å². The highest BCUT2D eigenvalue weighted by Crippen LogP contribution is 2.28. The van der Waals surface area contributed by atoms with Crippen molar-refractivity contribution in [2.45, 2.75) is 36.7 Å². The second-order valence-corrected chi connectivity index (χ2v) is 7.71. The first-order valence-electron chi connectivity index (χ1n) is 7.05. The number of fused-ring (bicyclic) bond motifs is 1. The van der Waals surface area contributed by atoms with E-state index in [-0.39, 0.29) is 4.90 Å². The number of pyridine rings is 1. The molecule has 1 fully saturated rings. The van der Waals surface area contributed by atoms with E-state index in [1.807, 2.05) is 0 Å². The molecule has 6 nitrogen and oxygen atoms in total. The molecule has 1 aliphatic heterocycles. The summed E-state index contributed by atoms with van der Waals surface area (Å²) < 4.78 is 27.1. The van der Waals surface area contributed by atoms with Crippen molar-refractivity contribution in [3.63, 3.8) is 0 Å². The number of nitrogens with one attached hydrogen (secondary N) is 1. The van der Waals surface area contributed by atoms with Crippen LogP contribution in [-0.4, -0.2) is 46.5 Å². The van der Waals surface area contributed by atoms with Gasteiger partial charge in [-0.2, -0.15) is 4.31 Å². The Morgan fingerprint density at radius 2 is 2.19 bits per heavy atom. The molecule has 114 valence electrons. The molecule has 1 aliphatic rings. The lowest BCUT2D eigenvalue weighted by Crippen LogP contribution is -2.33. The first kappa shape index (κ1) is 14.5. The molecule has 3 heterocycles. The maximum absolute atomic E-state index is 12.8. The van der Waals surface area contributed by atoms with Crippen LogP contribution in [0.3, 0.4) is 0 Å². The van der Waals surface area contributed by atoms with E-state index in [2.05, 4.69) is 9.97 Å². The van der Waals surface area contributed by atoms with Crippen LogP contribution in [-0.2, 0) is 10.0 Å². The number of nitrogens with zero attached hydrogens (tertiary/aromatic N) is 2. The minimum absolute atomic E-state index is 0.257. The quantitative estimate of drug-likeness (QED) is 0.880. The topological polar surface area (TPSA) is 86.3 Å². The molecule has 0 radical (unpaired) electrons. The Morgan fingerprint density at radius 1 is 1.38 bits per heavy atom. The minimum atomic E-state index is -3.57. The fourth-order valence-corrected chi connectivity index (χ4v) is 4.39. The summed E-state index contributed by atoms with van der Waals surface area (Å²) in [6.07, 6.45) is 4.85. The summed E-state index contributed by atoms with van der Waals surface area (Å²) in [5, 5.41) is 10.7. The lowest BCUT2D eigenvalue weighted by Gasteiger charge is -2.22. The smallest absolute Gasteiger partial charge is 0.245 e. The van der Waals surface area contributed by atoms with Gasteiger partial charge in [-0.3, -0.25) is 0 Å². The monoisotopic (exact) mass is 309 g/mol. The molecule has 21 heavy (non-hydrogen) atoms. The second-order valence-electron chi connectivity index (χ2n) is 5.81. The molecule has 1 unspecified atom stereocenters. The highest BCUT2D eigenvalue weighted by molar-refractivity contribution is 7.89. The van der Waals surface area contributed by atoms with E-state index in [0.717, 1.165) is 0 Å². The molecule has 2 aromatic rings. The van der Waals surface area contributed by atoms with Crippen LogP contribution in [0.5, 0.6) is 0 Å². The Bertz CT molecular complexity index is 752. The van der Waals surface area contributed by atoms with E-state index in [0.29, 0.717) is 43.4 Å². The van der Waals surface area contributed by atoms with Crippen LogP contribution in [0.4, 0.5) is 0 Å². The molecule has 0 aliphatic carbocycles. The van der Waals surface area contributed by atoms with Gasteiger partial charge < -0.3 is 10.1 Å². The molecule has 0 spiro atoms. The van der Waals surface area contributed by atoms with E-state index < -0.39 is 15.6 Å². The van der Waals surface area contributed by atoms with E-state index in [1.54, 1.807) is 25.3 Å². The van der Waals surface area contributed by atoms with Crippen LogP contribution in [0.1, 0.15) is 26.2 Å². The summed E-state index contributed by atoms with van der Waals surface area (Å²) >= 11 is 0. The van der Waals surface area contributed by atoms with Gasteiger partial charge in [0.15, 0.2) is 0 Å². The third-order valence-electron chi connectivity index (χ3n) is 4.05. The largest absolute Gasteiger partial charge is 0.390 e. The molecule has 2 N–H and O–H groups in total. The van der Waals surface area contributed by atoms with Gasteiger partial charge in [0, 0.05) is 30.9 Å². The van der Waals surface area contributed by atoms with Crippen molar-refractivity contribution in [3.05, 3.63) is 24.5 Å². The number of aliphatic hydroxyl groups is 1. The van der Waals surface area contributed by atoms with Crippen molar-refractivity contribution >= 4 is 21.1 Å². The predicted octanol–water partition coefficient (Wildman–Crippen LogP) is 1.49. The van der Waals surface area contributed by atoms with E-state index in [9.17, 15) is 13.5 Å². The van der Waals surface area contributed by atoms with Crippen molar-refractivity contribution in [2.75, 3.05) is 13.1 Å². The molecule has 3 rings (SSSR count). The number of hydrogen-bond acceptors (Lipinski definition) is 4. The highest BCUT2D eigenvalue weighted by Gasteiger charge is 2.32. The van der Waals surface area contributed by atoms with Crippen LogP contribution in [0.15, 0.2) is 29.4 Å². The molecule has 0 amide bonds. The summed E-state index contributed by atoms with van der Waals surface area (Å²) in [6.45, 7) is 2.53. The molecule has 0 bridgehead atoms.